The first-order valence-electron chi connectivity index (χ1n) is 6.41. The van der Waals surface area contributed by atoms with Crippen LogP contribution in [0.4, 0.5) is 0 Å². The summed E-state index contributed by atoms with van der Waals surface area (Å²) in [7, 11) is 0. The minimum absolute atomic E-state index is 0.164. The van der Waals surface area contributed by atoms with Gasteiger partial charge in [0.25, 0.3) is 5.91 Å². The van der Waals surface area contributed by atoms with Crippen LogP contribution in [0.2, 0.25) is 0 Å². The number of hydrogen-bond acceptors (Lipinski definition) is 2. The molecule has 0 radical (unpaired) electrons. The van der Waals surface area contributed by atoms with Crippen LogP contribution in [0.3, 0.4) is 0 Å². The van der Waals surface area contributed by atoms with Crippen LogP contribution in [0.15, 0.2) is 18.3 Å². The number of carbonyl (C=O) groups is 1. The van der Waals surface area contributed by atoms with Crippen LogP contribution in [0, 0.1) is 0 Å². The summed E-state index contributed by atoms with van der Waals surface area (Å²) in [4.78, 5) is 14.4. The van der Waals surface area contributed by atoms with Crippen LogP contribution in [0.5, 0.6) is 0 Å². The van der Waals surface area contributed by atoms with Crippen LogP contribution in [0.25, 0.3) is 0 Å². The normalized spacial score (nSPS) is 20.6. The van der Waals surface area contributed by atoms with Crippen LogP contribution in [-0.2, 0) is 6.54 Å². The predicted molar refractivity (Wildman–Crippen MR) is 68.1 cm³/mol. The second-order valence-corrected chi connectivity index (χ2v) is 4.64. The molecule has 1 aliphatic rings. The fourth-order valence-electron chi connectivity index (χ4n) is 2.33. The van der Waals surface area contributed by atoms with Crippen molar-refractivity contribution in [1.29, 1.82) is 0 Å². The third kappa shape index (κ3) is 2.52. The topological polar surface area (TPSA) is 37.3 Å². The number of nitrogens with one attached hydrogen (secondary N) is 1. The van der Waals surface area contributed by atoms with Gasteiger partial charge >= 0.3 is 0 Å². The van der Waals surface area contributed by atoms with Gasteiger partial charge in [-0.15, -0.1) is 0 Å². The minimum Gasteiger partial charge on any atom is -0.344 e. The average molecular weight is 235 g/mol. The SMILES string of the molecule is CCCn1cccc1C(=O)N1CCNC[C@H]1C. The smallest absolute Gasteiger partial charge is 0.270 e. The van der Waals surface area contributed by atoms with Crippen LogP contribution in [0.1, 0.15) is 30.8 Å². The van der Waals surface area contributed by atoms with Gasteiger partial charge in [0.1, 0.15) is 5.69 Å². The summed E-state index contributed by atoms with van der Waals surface area (Å²) >= 11 is 0. The summed E-state index contributed by atoms with van der Waals surface area (Å²) in [5, 5.41) is 3.30. The third-order valence-electron chi connectivity index (χ3n) is 3.28. The molecule has 1 amide bonds. The Kier molecular flexibility index (Phi) is 3.84. The number of hydrogen-bond donors (Lipinski definition) is 1. The molecule has 4 nitrogen and oxygen atoms in total. The van der Waals surface area contributed by atoms with Gasteiger partial charge in [0.15, 0.2) is 0 Å². The van der Waals surface area contributed by atoms with E-state index < -0.39 is 0 Å². The standard InChI is InChI=1S/C13H21N3O/c1-3-7-15-8-4-5-12(15)13(17)16-9-6-14-10-11(16)2/h4-5,8,11,14H,3,6-7,9-10H2,1-2H3/t11-/m1/s1. The Morgan fingerprint density at radius 3 is 3.12 bits per heavy atom. The van der Waals surface area contributed by atoms with E-state index in [0.29, 0.717) is 0 Å². The van der Waals surface area contributed by atoms with E-state index in [4.69, 9.17) is 0 Å². The summed E-state index contributed by atoms with van der Waals surface area (Å²) in [6.45, 7) is 7.72. The van der Waals surface area contributed by atoms with E-state index in [2.05, 4.69) is 23.7 Å². The zero-order valence-electron chi connectivity index (χ0n) is 10.6. The minimum atomic E-state index is 0.164. The third-order valence-corrected chi connectivity index (χ3v) is 3.28. The second kappa shape index (κ2) is 5.36. The van der Waals surface area contributed by atoms with Crippen molar-refractivity contribution in [2.45, 2.75) is 32.9 Å². The molecule has 1 aliphatic heterocycles. The molecule has 0 spiro atoms. The Labute approximate surface area is 103 Å². The first kappa shape index (κ1) is 12.2. The lowest BCUT2D eigenvalue weighted by Crippen LogP contribution is -2.52. The summed E-state index contributed by atoms with van der Waals surface area (Å²) in [6, 6.07) is 4.16. The lowest BCUT2D eigenvalue weighted by Gasteiger charge is -2.34. The highest BCUT2D eigenvalue weighted by molar-refractivity contribution is 5.93. The molecule has 1 aromatic heterocycles. The van der Waals surface area contributed by atoms with Gasteiger partial charge in [-0.25, -0.2) is 0 Å². The quantitative estimate of drug-likeness (QED) is 0.858. The van der Waals surface area contributed by atoms with E-state index in [1.807, 2.05) is 23.2 Å². The predicted octanol–water partition coefficient (Wildman–Crippen LogP) is 1.33. The van der Waals surface area contributed by atoms with Crippen molar-refractivity contribution in [3.8, 4) is 0 Å². The van der Waals surface area contributed by atoms with Crippen molar-refractivity contribution < 1.29 is 4.79 Å². The van der Waals surface area contributed by atoms with E-state index in [-0.39, 0.29) is 11.9 Å². The molecule has 1 fully saturated rings. The molecule has 0 bridgehead atoms. The number of nitrogens with zero attached hydrogens (tertiary/aromatic N) is 2. The van der Waals surface area contributed by atoms with Crippen LogP contribution >= 0.6 is 0 Å². The maximum Gasteiger partial charge on any atom is 0.270 e. The molecule has 1 N–H and O–H groups in total. The molecule has 4 heteroatoms. The molecule has 2 heterocycles. The Balaban J connectivity index is 2.15. The van der Waals surface area contributed by atoms with Crippen molar-refractivity contribution in [1.82, 2.24) is 14.8 Å². The molecule has 1 saturated heterocycles. The molecule has 2 rings (SSSR count). The number of piperazine rings is 1. The van der Waals surface area contributed by atoms with Crippen molar-refractivity contribution in [2.75, 3.05) is 19.6 Å². The van der Waals surface area contributed by atoms with Gasteiger partial charge in [-0.1, -0.05) is 6.92 Å². The average Bonchev–Trinajstić information content (AvgIpc) is 2.78. The fourth-order valence-corrected chi connectivity index (χ4v) is 2.33. The van der Waals surface area contributed by atoms with E-state index in [1.165, 1.54) is 0 Å². The first-order valence-corrected chi connectivity index (χ1v) is 6.41. The summed E-state index contributed by atoms with van der Waals surface area (Å²) in [6.07, 6.45) is 3.04. The maximum atomic E-state index is 12.4. The van der Waals surface area contributed by atoms with Crippen molar-refractivity contribution in [3.63, 3.8) is 0 Å². The molecule has 1 atom stereocenters. The highest BCUT2D eigenvalue weighted by atomic mass is 16.2. The molecule has 17 heavy (non-hydrogen) atoms. The van der Waals surface area contributed by atoms with Crippen molar-refractivity contribution in [2.24, 2.45) is 0 Å². The highest BCUT2D eigenvalue weighted by Gasteiger charge is 2.25. The van der Waals surface area contributed by atoms with Crippen molar-refractivity contribution in [3.05, 3.63) is 24.0 Å². The van der Waals surface area contributed by atoms with E-state index >= 15 is 0 Å². The van der Waals surface area contributed by atoms with Gasteiger partial charge < -0.3 is 14.8 Å². The van der Waals surface area contributed by atoms with Crippen LogP contribution in [-0.4, -0.2) is 41.1 Å². The van der Waals surface area contributed by atoms with Gasteiger partial charge in [-0.05, 0) is 25.5 Å². The highest BCUT2D eigenvalue weighted by Crippen LogP contribution is 2.11. The molecule has 1 aromatic rings. The monoisotopic (exact) mass is 235 g/mol. The molecular weight excluding hydrogens is 214 g/mol. The van der Waals surface area contributed by atoms with E-state index in [1.54, 1.807) is 0 Å². The number of amides is 1. The molecule has 0 aromatic carbocycles. The van der Waals surface area contributed by atoms with Gasteiger partial charge in [0.05, 0.1) is 0 Å². The Bertz CT molecular complexity index is 386. The Morgan fingerprint density at radius 1 is 1.59 bits per heavy atom. The first-order chi connectivity index (χ1) is 8.24. The van der Waals surface area contributed by atoms with Gasteiger partial charge in [-0.2, -0.15) is 0 Å². The number of carbonyl (C=O) groups excluding carboxylic acids is 1. The maximum absolute atomic E-state index is 12.4. The molecule has 0 unspecified atom stereocenters. The number of aromatic nitrogens is 1. The summed E-state index contributed by atoms with van der Waals surface area (Å²) in [5.74, 6) is 0.164. The molecule has 0 aliphatic carbocycles. The summed E-state index contributed by atoms with van der Waals surface area (Å²) in [5.41, 5.74) is 0.820. The molecular formula is C13H21N3O. The largest absolute Gasteiger partial charge is 0.344 e. The van der Waals surface area contributed by atoms with E-state index in [9.17, 15) is 4.79 Å². The number of aryl methyl sites for hydroxylation is 1. The lowest BCUT2D eigenvalue weighted by atomic mass is 10.2. The van der Waals surface area contributed by atoms with Gasteiger partial charge in [-0.3, -0.25) is 4.79 Å². The zero-order chi connectivity index (χ0) is 12.3. The van der Waals surface area contributed by atoms with Crippen molar-refractivity contribution >= 4 is 5.91 Å². The van der Waals surface area contributed by atoms with Gasteiger partial charge in [0, 0.05) is 38.4 Å². The number of rotatable bonds is 3. The molecule has 94 valence electrons. The zero-order valence-corrected chi connectivity index (χ0v) is 10.6. The lowest BCUT2D eigenvalue weighted by molar-refractivity contribution is 0.0644. The second-order valence-electron chi connectivity index (χ2n) is 4.64. The Morgan fingerprint density at radius 2 is 2.41 bits per heavy atom. The Hall–Kier alpha value is -1.29. The van der Waals surface area contributed by atoms with Crippen LogP contribution < -0.4 is 5.32 Å². The van der Waals surface area contributed by atoms with Gasteiger partial charge in [0.2, 0.25) is 0 Å². The fraction of sp³-hybridized carbons (Fsp3) is 0.615. The summed E-state index contributed by atoms with van der Waals surface area (Å²) < 4.78 is 2.05. The molecule has 0 saturated carbocycles. The van der Waals surface area contributed by atoms with E-state index in [0.717, 1.165) is 38.3 Å².